The lowest BCUT2D eigenvalue weighted by Crippen LogP contribution is -2.49. The normalized spacial score (nSPS) is 13.6. The highest BCUT2D eigenvalue weighted by Gasteiger charge is 2.28. The van der Waals surface area contributed by atoms with Crippen molar-refractivity contribution in [3.05, 3.63) is 23.8 Å². The number of hydrogen-bond donors (Lipinski definition) is 2. The van der Waals surface area contributed by atoms with Crippen molar-refractivity contribution in [3.8, 4) is 11.5 Å². The van der Waals surface area contributed by atoms with E-state index in [1.54, 1.807) is 7.11 Å². The number of rotatable bonds is 7. The Morgan fingerprint density at radius 3 is 2.28 bits per heavy atom. The Balaban J connectivity index is 0.00000576. The van der Waals surface area contributed by atoms with Crippen LogP contribution in [0, 0.1) is 11.3 Å². The molecular weight excluding hydrogens is 340 g/mol. The SMILES string of the molecule is COc1cc(C(C)NC(=O)[C@@H](N)C(C)(C)C)ccc1OCC(C)C.Cl. The summed E-state index contributed by atoms with van der Waals surface area (Å²) in [7, 11) is 1.61. The van der Waals surface area contributed by atoms with Crippen LogP contribution in [0.1, 0.15) is 53.1 Å². The molecule has 1 aromatic carbocycles. The zero-order valence-corrected chi connectivity index (χ0v) is 17.2. The van der Waals surface area contributed by atoms with Crippen molar-refractivity contribution < 1.29 is 14.3 Å². The predicted molar refractivity (Wildman–Crippen MR) is 105 cm³/mol. The minimum atomic E-state index is -0.560. The third-order valence-electron chi connectivity index (χ3n) is 3.83. The van der Waals surface area contributed by atoms with E-state index >= 15 is 0 Å². The van der Waals surface area contributed by atoms with Gasteiger partial charge in [-0.3, -0.25) is 4.79 Å². The van der Waals surface area contributed by atoms with Gasteiger partial charge in [0.05, 0.1) is 25.8 Å². The fourth-order valence-corrected chi connectivity index (χ4v) is 2.11. The average molecular weight is 373 g/mol. The Morgan fingerprint density at radius 1 is 1.20 bits per heavy atom. The van der Waals surface area contributed by atoms with Gasteiger partial charge < -0.3 is 20.5 Å². The van der Waals surface area contributed by atoms with Crippen LogP contribution in [0.2, 0.25) is 0 Å². The minimum absolute atomic E-state index is 0. The zero-order valence-electron chi connectivity index (χ0n) is 16.4. The standard InChI is InChI=1S/C19H32N2O3.ClH/c1-12(2)11-24-15-9-8-14(10-16(15)23-7)13(3)21-18(22)17(20)19(4,5)6;/h8-10,12-13,17H,11,20H2,1-7H3,(H,21,22);1H/t13?,17-;/m1./s1. The molecule has 1 unspecified atom stereocenters. The van der Waals surface area contributed by atoms with Crippen LogP contribution < -0.4 is 20.5 Å². The smallest absolute Gasteiger partial charge is 0.237 e. The van der Waals surface area contributed by atoms with Gasteiger partial charge in [-0.1, -0.05) is 40.7 Å². The number of benzene rings is 1. The summed E-state index contributed by atoms with van der Waals surface area (Å²) >= 11 is 0. The average Bonchev–Trinajstić information content (AvgIpc) is 2.50. The molecule has 0 bridgehead atoms. The van der Waals surface area contributed by atoms with Gasteiger partial charge in [0.25, 0.3) is 0 Å². The molecule has 3 N–H and O–H groups in total. The molecule has 6 heteroatoms. The Bertz CT molecular complexity index is 556. The van der Waals surface area contributed by atoms with Crippen molar-refractivity contribution in [2.75, 3.05) is 13.7 Å². The van der Waals surface area contributed by atoms with E-state index in [1.165, 1.54) is 0 Å². The van der Waals surface area contributed by atoms with Gasteiger partial charge in [0, 0.05) is 0 Å². The first-order valence-corrected chi connectivity index (χ1v) is 8.43. The summed E-state index contributed by atoms with van der Waals surface area (Å²) in [5, 5.41) is 2.96. The van der Waals surface area contributed by atoms with E-state index in [-0.39, 0.29) is 29.8 Å². The van der Waals surface area contributed by atoms with Crippen LogP contribution in [-0.4, -0.2) is 25.7 Å². The van der Waals surface area contributed by atoms with Gasteiger partial charge in [-0.05, 0) is 36.0 Å². The van der Waals surface area contributed by atoms with E-state index in [4.69, 9.17) is 15.2 Å². The van der Waals surface area contributed by atoms with Gasteiger partial charge in [-0.2, -0.15) is 0 Å². The molecule has 144 valence electrons. The number of methoxy groups -OCH3 is 1. The van der Waals surface area contributed by atoms with Crippen LogP contribution in [-0.2, 0) is 4.79 Å². The third-order valence-corrected chi connectivity index (χ3v) is 3.83. The highest BCUT2D eigenvalue weighted by atomic mass is 35.5. The van der Waals surface area contributed by atoms with Gasteiger partial charge >= 0.3 is 0 Å². The van der Waals surface area contributed by atoms with Crippen LogP contribution in [0.4, 0.5) is 0 Å². The van der Waals surface area contributed by atoms with Crippen molar-refractivity contribution in [1.29, 1.82) is 0 Å². The summed E-state index contributed by atoms with van der Waals surface area (Å²) in [6, 6.07) is 4.98. The van der Waals surface area contributed by atoms with Crippen molar-refractivity contribution in [1.82, 2.24) is 5.32 Å². The molecule has 1 amide bonds. The van der Waals surface area contributed by atoms with E-state index < -0.39 is 6.04 Å². The lowest BCUT2D eigenvalue weighted by atomic mass is 9.86. The number of nitrogens with one attached hydrogen (secondary N) is 1. The summed E-state index contributed by atoms with van der Waals surface area (Å²) < 4.78 is 11.2. The largest absolute Gasteiger partial charge is 0.493 e. The van der Waals surface area contributed by atoms with Crippen LogP contribution in [0.25, 0.3) is 0 Å². The molecule has 0 radical (unpaired) electrons. The Morgan fingerprint density at radius 2 is 1.80 bits per heavy atom. The molecule has 0 fully saturated rings. The quantitative estimate of drug-likeness (QED) is 0.765. The predicted octanol–water partition coefficient (Wildman–Crippen LogP) is 3.70. The van der Waals surface area contributed by atoms with E-state index in [0.29, 0.717) is 24.0 Å². The van der Waals surface area contributed by atoms with Crippen molar-refractivity contribution in [2.45, 2.75) is 53.6 Å². The molecule has 0 saturated carbocycles. The molecule has 0 aliphatic rings. The zero-order chi connectivity index (χ0) is 18.5. The first-order valence-electron chi connectivity index (χ1n) is 8.43. The minimum Gasteiger partial charge on any atom is -0.493 e. The summed E-state index contributed by atoms with van der Waals surface area (Å²) in [5.41, 5.74) is 6.67. The van der Waals surface area contributed by atoms with Crippen molar-refractivity contribution in [3.63, 3.8) is 0 Å². The number of ether oxygens (including phenoxy) is 2. The monoisotopic (exact) mass is 372 g/mol. The summed E-state index contributed by atoms with van der Waals surface area (Å²) in [5.74, 6) is 1.65. The maximum absolute atomic E-state index is 12.3. The fraction of sp³-hybridized carbons (Fsp3) is 0.632. The molecule has 1 rings (SSSR count). The third kappa shape index (κ3) is 7.12. The van der Waals surface area contributed by atoms with E-state index in [0.717, 1.165) is 5.56 Å². The molecule has 1 aromatic rings. The topological polar surface area (TPSA) is 73.6 Å². The molecule has 0 aromatic heterocycles. The number of carbonyl (C=O) groups is 1. The number of nitrogens with two attached hydrogens (primary N) is 1. The molecule has 2 atom stereocenters. The second-order valence-corrected chi connectivity index (χ2v) is 7.69. The Labute approximate surface area is 158 Å². The van der Waals surface area contributed by atoms with E-state index in [1.807, 2.05) is 45.9 Å². The molecule has 0 saturated heterocycles. The lowest BCUT2D eigenvalue weighted by molar-refractivity contribution is -0.125. The number of carbonyl (C=O) groups excluding carboxylic acids is 1. The summed E-state index contributed by atoms with van der Waals surface area (Å²) in [6.07, 6.45) is 0. The van der Waals surface area contributed by atoms with Crippen LogP contribution in [0.15, 0.2) is 18.2 Å². The van der Waals surface area contributed by atoms with Gasteiger partial charge in [0.1, 0.15) is 0 Å². The van der Waals surface area contributed by atoms with Crippen LogP contribution >= 0.6 is 12.4 Å². The fourth-order valence-electron chi connectivity index (χ4n) is 2.11. The maximum atomic E-state index is 12.3. The Hall–Kier alpha value is -1.46. The molecule has 0 aliphatic carbocycles. The summed E-state index contributed by atoms with van der Waals surface area (Å²) in [6.45, 7) is 12.6. The first kappa shape index (κ1) is 23.5. The highest BCUT2D eigenvalue weighted by molar-refractivity contribution is 5.85. The first-order chi connectivity index (χ1) is 11.1. The number of hydrogen-bond acceptors (Lipinski definition) is 4. The van der Waals surface area contributed by atoms with Crippen molar-refractivity contribution >= 4 is 18.3 Å². The Kier molecular flexibility index (Phi) is 9.30. The molecule has 0 spiro atoms. The molecular formula is C19H33ClN2O3. The number of amides is 1. The number of halogens is 1. The maximum Gasteiger partial charge on any atom is 0.237 e. The van der Waals surface area contributed by atoms with Crippen molar-refractivity contribution in [2.24, 2.45) is 17.1 Å². The second-order valence-electron chi connectivity index (χ2n) is 7.69. The van der Waals surface area contributed by atoms with E-state index in [9.17, 15) is 4.79 Å². The van der Waals surface area contributed by atoms with Gasteiger partial charge in [0.15, 0.2) is 11.5 Å². The van der Waals surface area contributed by atoms with Gasteiger partial charge in [-0.15, -0.1) is 12.4 Å². The molecule has 25 heavy (non-hydrogen) atoms. The van der Waals surface area contributed by atoms with E-state index in [2.05, 4.69) is 19.2 Å². The molecule has 0 heterocycles. The van der Waals surface area contributed by atoms with Gasteiger partial charge in [0.2, 0.25) is 5.91 Å². The molecule has 5 nitrogen and oxygen atoms in total. The van der Waals surface area contributed by atoms with Gasteiger partial charge in [-0.25, -0.2) is 0 Å². The summed E-state index contributed by atoms with van der Waals surface area (Å²) in [4.78, 5) is 12.3. The highest BCUT2D eigenvalue weighted by Crippen LogP contribution is 2.31. The second kappa shape index (κ2) is 9.88. The van der Waals surface area contributed by atoms with Crippen LogP contribution in [0.5, 0.6) is 11.5 Å². The molecule has 0 aliphatic heterocycles. The lowest BCUT2D eigenvalue weighted by Gasteiger charge is -2.27. The van der Waals surface area contributed by atoms with Crippen LogP contribution in [0.3, 0.4) is 0 Å².